The number of hydrogen-bond acceptors (Lipinski definition) is 4. The standard InChI is InChI=1S/C18H18F3NO4S2/c1-27(23,24)16-8-10-17(11-9-16)28(25,26)22(15-6-7-15)12-13-2-4-14(5-3-13)18(19,20)21/h2-5,8-11,15H,6-7,12H2,1H3. The molecule has 0 aromatic heterocycles. The maximum absolute atomic E-state index is 13.0. The van der Waals surface area contributed by atoms with E-state index >= 15 is 0 Å². The van der Waals surface area contributed by atoms with Crippen LogP contribution in [0.15, 0.2) is 58.3 Å². The molecule has 1 aliphatic rings. The van der Waals surface area contributed by atoms with Gasteiger partial charge in [0.1, 0.15) is 0 Å². The summed E-state index contributed by atoms with van der Waals surface area (Å²) < 4.78 is 88.4. The summed E-state index contributed by atoms with van der Waals surface area (Å²) in [7, 11) is -7.37. The Morgan fingerprint density at radius 3 is 1.82 bits per heavy atom. The van der Waals surface area contributed by atoms with Crippen molar-refractivity contribution in [3.63, 3.8) is 0 Å². The van der Waals surface area contributed by atoms with Crippen molar-refractivity contribution in [2.24, 2.45) is 0 Å². The first-order chi connectivity index (χ1) is 12.9. The van der Waals surface area contributed by atoms with E-state index in [0.717, 1.165) is 18.4 Å². The second-order valence-corrected chi connectivity index (χ2v) is 10.6. The Kier molecular flexibility index (Phi) is 5.32. The van der Waals surface area contributed by atoms with Gasteiger partial charge < -0.3 is 0 Å². The molecule has 3 rings (SSSR count). The molecule has 0 radical (unpaired) electrons. The Balaban J connectivity index is 1.87. The van der Waals surface area contributed by atoms with Crippen molar-refractivity contribution < 1.29 is 30.0 Å². The maximum Gasteiger partial charge on any atom is 0.416 e. The highest BCUT2D eigenvalue weighted by atomic mass is 32.2. The van der Waals surface area contributed by atoms with Crippen LogP contribution in [-0.2, 0) is 32.6 Å². The van der Waals surface area contributed by atoms with Crippen LogP contribution in [-0.4, -0.2) is 33.4 Å². The third-order valence-corrected chi connectivity index (χ3v) is 7.47. The van der Waals surface area contributed by atoms with Crippen LogP contribution in [0.5, 0.6) is 0 Å². The smallest absolute Gasteiger partial charge is 0.224 e. The number of sulfone groups is 1. The van der Waals surface area contributed by atoms with Gasteiger partial charge in [0, 0.05) is 18.8 Å². The highest BCUT2D eigenvalue weighted by Gasteiger charge is 2.38. The molecule has 0 atom stereocenters. The van der Waals surface area contributed by atoms with Gasteiger partial charge in [-0.05, 0) is 54.8 Å². The minimum Gasteiger partial charge on any atom is -0.224 e. The summed E-state index contributed by atoms with van der Waals surface area (Å²) in [5.41, 5.74) is -0.357. The highest BCUT2D eigenvalue weighted by molar-refractivity contribution is 7.90. The number of halogens is 3. The normalized spacial score (nSPS) is 15.8. The number of alkyl halides is 3. The summed E-state index contributed by atoms with van der Waals surface area (Å²) in [6, 6.07) is 9.07. The molecule has 28 heavy (non-hydrogen) atoms. The summed E-state index contributed by atoms with van der Waals surface area (Å²) in [5, 5.41) is 0. The zero-order valence-electron chi connectivity index (χ0n) is 14.8. The second-order valence-electron chi connectivity index (χ2n) is 6.72. The minimum atomic E-state index is -4.46. The third-order valence-electron chi connectivity index (χ3n) is 4.43. The molecule has 1 fully saturated rings. The molecular weight excluding hydrogens is 415 g/mol. The van der Waals surface area contributed by atoms with Crippen LogP contribution >= 0.6 is 0 Å². The minimum absolute atomic E-state index is 0.00663. The summed E-state index contributed by atoms with van der Waals surface area (Å²) in [4.78, 5) is -0.0501. The number of benzene rings is 2. The van der Waals surface area contributed by atoms with Gasteiger partial charge in [0.05, 0.1) is 15.4 Å². The van der Waals surface area contributed by atoms with Crippen molar-refractivity contribution in [3.8, 4) is 0 Å². The monoisotopic (exact) mass is 433 g/mol. The molecule has 1 aliphatic carbocycles. The van der Waals surface area contributed by atoms with Gasteiger partial charge in [-0.15, -0.1) is 0 Å². The number of nitrogens with zero attached hydrogens (tertiary/aromatic N) is 1. The zero-order chi connectivity index (χ0) is 20.7. The van der Waals surface area contributed by atoms with E-state index in [2.05, 4.69) is 0 Å². The van der Waals surface area contributed by atoms with E-state index < -0.39 is 31.6 Å². The first kappa shape index (κ1) is 20.8. The van der Waals surface area contributed by atoms with Crippen LogP contribution in [0.25, 0.3) is 0 Å². The van der Waals surface area contributed by atoms with Gasteiger partial charge in [-0.3, -0.25) is 0 Å². The Bertz CT molecular complexity index is 1060. The van der Waals surface area contributed by atoms with Crippen molar-refractivity contribution >= 4 is 19.9 Å². The lowest BCUT2D eigenvalue weighted by Gasteiger charge is -2.22. The van der Waals surface area contributed by atoms with Crippen molar-refractivity contribution in [3.05, 3.63) is 59.7 Å². The average Bonchev–Trinajstić information content (AvgIpc) is 3.43. The predicted octanol–water partition coefficient (Wildman–Crippen LogP) is 3.46. The second kappa shape index (κ2) is 7.16. The number of rotatable bonds is 6. The van der Waals surface area contributed by atoms with Gasteiger partial charge in [-0.2, -0.15) is 17.5 Å². The third kappa shape index (κ3) is 4.56. The van der Waals surface area contributed by atoms with Gasteiger partial charge in [0.15, 0.2) is 9.84 Å². The summed E-state index contributed by atoms with van der Waals surface area (Å²) in [6.07, 6.45) is -2.09. The highest BCUT2D eigenvalue weighted by Crippen LogP contribution is 2.34. The first-order valence-electron chi connectivity index (χ1n) is 8.37. The quantitative estimate of drug-likeness (QED) is 0.700. The lowest BCUT2D eigenvalue weighted by Crippen LogP contribution is -2.32. The van der Waals surface area contributed by atoms with Gasteiger partial charge >= 0.3 is 6.18 Å². The molecule has 0 unspecified atom stereocenters. The van der Waals surface area contributed by atoms with Crippen molar-refractivity contribution in [2.75, 3.05) is 6.26 Å². The zero-order valence-corrected chi connectivity index (χ0v) is 16.5. The maximum atomic E-state index is 13.0. The van der Waals surface area contributed by atoms with E-state index in [1.54, 1.807) is 0 Å². The summed E-state index contributed by atoms with van der Waals surface area (Å²) in [6.45, 7) is -0.0566. The fourth-order valence-electron chi connectivity index (χ4n) is 2.75. The van der Waals surface area contributed by atoms with Crippen molar-refractivity contribution in [1.82, 2.24) is 4.31 Å². The molecule has 1 saturated carbocycles. The van der Waals surface area contributed by atoms with Crippen molar-refractivity contribution in [1.29, 1.82) is 0 Å². The molecule has 152 valence electrons. The van der Waals surface area contributed by atoms with Crippen LogP contribution in [0.4, 0.5) is 13.2 Å². The molecule has 0 heterocycles. The fraction of sp³-hybridized carbons (Fsp3) is 0.333. The molecule has 0 bridgehead atoms. The molecule has 5 nitrogen and oxygen atoms in total. The molecule has 10 heteroatoms. The predicted molar refractivity (Wildman–Crippen MR) is 96.7 cm³/mol. The van der Waals surface area contributed by atoms with Crippen LogP contribution in [0.3, 0.4) is 0 Å². The number of sulfonamides is 1. The SMILES string of the molecule is CS(=O)(=O)c1ccc(S(=O)(=O)N(Cc2ccc(C(F)(F)F)cc2)C2CC2)cc1. The van der Waals surface area contributed by atoms with Gasteiger partial charge in [0.2, 0.25) is 10.0 Å². The summed E-state index contributed by atoms with van der Waals surface area (Å²) >= 11 is 0. The van der Waals surface area contributed by atoms with E-state index in [1.165, 1.54) is 40.7 Å². The molecule has 0 amide bonds. The van der Waals surface area contributed by atoms with Gasteiger partial charge in [-0.1, -0.05) is 12.1 Å². The van der Waals surface area contributed by atoms with E-state index in [4.69, 9.17) is 0 Å². The van der Waals surface area contributed by atoms with Gasteiger partial charge in [-0.25, -0.2) is 16.8 Å². The molecular formula is C18H18F3NO4S2. The molecule has 2 aromatic carbocycles. The summed E-state index contributed by atoms with van der Waals surface area (Å²) in [5.74, 6) is 0. The molecule has 0 saturated heterocycles. The van der Waals surface area contributed by atoms with Crippen LogP contribution in [0.2, 0.25) is 0 Å². The van der Waals surface area contributed by atoms with Crippen molar-refractivity contribution in [2.45, 2.75) is 41.4 Å². The van der Waals surface area contributed by atoms with E-state index in [9.17, 15) is 30.0 Å². The van der Waals surface area contributed by atoms with Crippen LogP contribution < -0.4 is 0 Å². The van der Waals surface area contributed by atoms with Crippen LogP contribution in [0.1, 0.15) is 24.0 Å². The van der Waals surface area contributed by atoms with E-state index in [0.29, 0.717) is 18.4 Å². The Morgan fingerprint density at radius 1 is 0.893 bits per heavy atom. The van der Waals surface area contributed by atoms with E-state index in [-0.39, 0.29) is 22.4 Å². The number of hydrogen-bond donors (Lipinski definition) is 0. The lowest BCUT2D eigenvalue weighted by molar-refractivity contribution is -0.137. The van der Waals surface area contributed by atoms with Crippen LogP contribution in [0, 0.1) is 0 Å². The van der Waals surface area contributed by atoms with E-state index in [1.807, 2.05) is 0 Å². The first-order valence-corrected chi connectivity index (χ1v) is 11.7. The molecule has 2 aromatic rings. The fourth-order valence-corrected chi connectivity index (χ4v) is 5.05. The molecule has 0 N–H and O–H groups in total. The average molecular weight is 433 g/mol. The lowest BCUT2D eigenvalue weighted by atomic mass is 10.1. The Labute approximate surface area is 161 Å². The largest absolute Gasteiger partial charge is 0.416 e. The Morgan fingerprint density at radius 2 is 1.39 bits per heavy atom. The Hall–Kier alpha value is -1.91. The van der Waals surface area contributed by atoms with Gasteiger partial charge in [0.25, 0.3) is 0 Å². The topological polar surface area (TPSA) is 71.5 Å². The molecule has 0 aliphatic heterocycles. The molecule has 0 spiro atoms.